The first-order valence-electron chi connectivity index (χ1n) is 9.83. The summed E-state index contributed by atoms with van der Waals surface area (Å²) in [5, 5.41) is 2.79. The minimum absolute atomic E-state index is 0.0960. The van der Waals surface area contributed by atoms with Gasteiger partial charge in [-0.3, -0.25) is 9.59 Å². The molecule has 2 amide bonds. The predicted molar refractivity (Wildman–Crippen MR) is 94.9 cm³/mol. The summed E-state index contributed by atoms with van der Waals surface area (Å²) < 4.78 is 32.1. The summed E-state index contributed by atoms with van der Waals surface area (Å²) in [7, 11) is 0. The van der Waals surface area contributed by atoms with Crippen LogP contribution in [-0.4, -0.2) is 55.0 Å². The lowest BCUT2D eigenvalue weighted by Crippen LogP contribution is -2.53. The Bertz CT molecular complexity index is 469. The lowest BCUT2D eigenvalue weighted by molar-refractivity contribution is -0.140. The summed E-state index contributed by atoms with van der Waals surface area (Å²) >= 11 is 0. The van der Waals surface area contributed by atoms with Crippen LogP contribution in [-0.2, 0) is 14.3 Å². The second-order valence-electron chi connectivity index (χ2n) is 7.94. The van der Waals surface area contributed by atoms with Gasteiger partial charge in [0.05, 0.1) is 6.61 Å². The zero-order valence-electron chi connectivity index (χ0n) is 15.9. The van der Waals surface area contributed by atoms with E-state index in [2.05, 4.69) is 5.32 Å². The number of hydrogen-bond acceptors (Lipinski definition) is 3. The number of carbonyl (C=O) groups excluding carboxylic acids is 2. The standard InChI is InChI=1S/C19H32F2N2O3/c1-14(2)17(24)22-16(18(25)23-10-4-3-5-11-23)13-26-12-15-6-8-19(20,21)9-7-15/h14-16H,3-13H2,1-2H3,(H,22,24). The second-order valence-corrected chi connectivity index (χ2v) is 7.94. The molecule has 2 fully saturated rings. The number of nitrogens with one attached hydrogen (secondary N) is 1. The Hall–Kier alpha value is -1.24. The van der Waals surface area contributed by atoms with Crippen LogP contribution in [0.1, 0.15) is 58.8 Å². The quantitative estimate of drug-likeness (QED) is 0.745. The molecule has 0 aromatic rings. The van der Waals surface area contributed by atoms with E-state index < -0.39 is 12.0 Å². The van der Waals surface area contributed by atoms with E-state index in [0.717, 1.165) is 19.3 Å². The van der Waals surface area contributed by atoms with Gasteiger partial charge in [0.15, 0.2) is 0 Å². The number of amides is 2. The molecule has 1 unspecified atom stereocenters. The van der Waals surface area contributed by atoms with Crippen LogP contribution < -0.4 is 5.32 Å². The highest BCUT2D eigenvalue weighted by atomic mass is 19.3. The van der Waals surface area contributed by atoms with Crippen LogP contribution >= 0.6 is 0 Å². The number of likely N-dealkylation sites (tertiary alicyclic amines) is 1. The van der Waals surface area contributed by atoms with Gasteiger partial charge in [0.1, 0.15) is 6.04 Å². The third-order valence-corrected chi connectivity index (χ3v) is 5.28. The highest BCUT2D eigenvalue weighted by molar-refractivity contribution is 5.88. The average Bonchev–Trinajstić information content (AvgIpc) is 2.62. The SMILES string of the molecule is CC(C)C(=O)NC(COCC1CCC(F)(F)CC1)C(=O)N1CCCCC1. The smallest absolute Gasteiger partial charge is 0.248 e. The summed E-state index contributed by atoms with van der Waals surface area (Å²) in [6, 6.07) is -0.701. The molecule has 1 saturated carbocycles. The Morgan fingerprint density at radius 2 is 1.77 bits per heavy atom. The van der Waals surface area contributed by atoms with Gasteiger partial charge in [0.25, 0.3) is 0 Å². The first-order valence-corrected chi connectivity index (χ1v) is 9.83. The molecule has 2 rings (SSSR count). The Kier molecular flexibility index (Phi) is 7.80. The van der Waals surface area contributed by atoms with Gasteiger partial charge in [-0.1, -0.05) is 13.8 Å². The lowest BCUT2D eigenvalue weighted by Gasteiger charge is -2.32. The maximum atomic E-state index is 13.2. The van der Waals surface area contributed by atoms with E-state index in [4.69, 9.17) is 4.74 Å². The summed E-state index contributed by atoms with van der Waals surface area (Å²) in [6.07, 6.45) is 3.77. The molecular formula is C19H32F2N2O3. The largest absolute Gasteiger partial charge is 0.378 e. The molecule has 26 heavy (non-hydrogen) atoms. The topological polar surface area (TPSA) is 58.6 Å². The summed E-state index contributed by atoms with van der Waals surface area (Å²) in [4.78, 5) is 26.6. The molecule has 1 N–H and O–H groups in total. The van der Waals surface area contributed by atoms with Gasteiger partial charge in [-0.05, 0) is 38.0 Å². The molecule has 2 aliphatic rings. The molecular weight excluding hydrogens is 342 g/mol. The molecule has 1 atom stereocenters. The third kappa shape index (κ3) is 6.49. The molecule has 0 aromatic heterocycles. The summed E-state index contributed by atoms with van der Waals surface area (Å²) in [5.74, 6) is -2.95. The van der Waals surface area contributed by atoms with Gasteiger partial charge in [-0.15, -0.1) is 0 Å². The minimum atomic E-state index is -2.55. The monoisotopic (exact) mass is 374 g/mol. The predicted octanol–water partition coefficient (Wildman–Crippen LogP) is 2.98. The van der Waals surface area contributed by atoms with Crippen molar-refractivity contribution < 1.29 is 23.1 Å². The summed E-state index contributed by atoms with van der Waals surface area (Å²) in [5.41, 5.74) is 0. The Morgan fingerprint density at radius 1 is 1.15 bits per heavy atom. The summed E-state index contributed by atoms with van der Waals surface area (Å²) in [6.45, 7) is 5.44. The van der Waals surface area contributed by atoms with Gasteiger partial charge < -0.3 is 15.0 Å². The molecule has 0 aromatic carbocycles. The van der Waals surface area contributed by atoms with Crippen molar-refractivity contribution in [2.24, 2.45) is 11.8 Å². The zero-order chi connectivity index (χ0) is 19.2. The van der Waals surface area contributed by atoms with Gasteiger partial charge in [0, 0.05) is 38.5 Å². The van der Waals surface area contributed by atoms with E-state index in [1.165, 1.54) is 0 Å². The third-order valence-electron chi connectivity index (χ3n) is 5.28. The van der Waals surface area contributed by atoms with Crippen LogP contribution in [0.4, 0.5) is 8.78 Å². The van der Waals surface area contributed by atoms with E-state index in [1.807, 2.05) is 0 Å². The Morgan fingerprint density at radius 3 is 2.35 bits per heavy atom. The van der Waals surface area contributed by atoms with Crippen LogP contribution in [0.15, 0.2) is 0 Å². The van der Waals surface area contributed by atoms with Gasteiger partial charge in [-0.25, -0.2) is 8.78 Å². The van der Waals surface area contributed by atoms with E-state index in [9.17, 15) is 18.4 Å². The Labute approximate surface area is 154 Å². The van der Waals surface area contributed by atoms with Crippen LogP contribution in [0.5, 0.6) is 0 Å². The normalized spacial score (nSPS) is 22.3. The minimum Gasteiger partial charge on any atom is -0.378 e. The maximum absolute atomic E-state index is 13.2. The molecule has 1 aliphatic carbocycles. The van der Waals surface area contributed by atoms with Crippen molar-refractivity contribution in [3.8, 4) is 0 Å². The number of halogens is 2. The van der Waals surface area contributed by atoms with Crippen LogP contribution in [0, 0.1) is 11.8 Å². The molecule has 150 valence electrons. The van der Waals surface area contributed by atoms with Crippen LogP contribution in [0.25, 0.3) is 0 Å². The number of hydrogen-bond donors (Lipinski definition) is 1. The second kappa shape index (κ2) is 9.62. The molecule has 1 aliphatic heterocycles. The van der Waals surface area contributed by atoms with Gasteiger partial charge in [0.2, 0.25) is 17.7 Å². The number of carbonyl (C=O) groups is 2. The highest BCUT2D eigenvalue weighted by Gasteiger charge is 2.35. The van der Waals surface area contributed by atoms with E-state index >= 15 is 0 Å². The van der Waals surface area contributed by atoms with E-state index in [-0.39, 0.29) is 43.1 Å². The number of rotatable bonds is 7. The van der Waals surface area contributed by atoms with Gasteiger partial charge in [-0.2, -0.15) is 0 Å². The van der Waals surface area contributed by atoms with Crippen LogP contribution in [0.2, 0.25) is 0 Å². The fourth-order valence-electron chi connectivity index (χ4n) is 3.47. The average molecular weight is 374 g/mol. The number of piperidine rings is 1. The van der Waals surface area contributed by atoms with Crippen molar-refractivity contribution in [3.63, 3.8) is 0 Å². The molecule has 5 nitrogen and oxygen atoms in total. The zero-order valence-corrected chi connectivity index (χ0v) is 15.9. The first kappa shape index (κ1) is 21.1. The van der Waals surface area contributed by atoms with Crippen molar-refractivity contribution in [2.75, 3.05) is 26.3 Å². The first-order chi connectivity index (χ1) is 12.3. The highest BCUT2D eigenvalue weighted by Crippen LogP contribution is 2.36. The number of nitrogens with zero attached hydrogens (tertiary/aromatic N) is 1. The molecule has 0 spiro atoms. The maximum Gasteiger partial charge on any atom is 0.248 e. The molecule has 0 radical (unpaired) electrons. The van der Waals surface area contributed by atoms with E-state index in [1.54, 1.807) is 18.7 Å². The van der Waals surface area contributed by atoms with Crippen molar-refractivity contribution >= 4 is 11.8 Å². The number of alkyl halides is 2. The molecule has 1 saturated heterocycles. The van der Waals surface area contributed by atoms with Crippen molar-refractivity contribution in [3.05, 3.63) is 0 Å². The van der Waals surface area contributed by atoms with Crippen molar-refractivity contribution in [1.82, 2.24) is 10.2 Å². The van der Waals surface area contributed by atoms with Crippen molar-refractivity contribution in [2.45, 2.75) is 70.8 Å². The molecule has 1 heterocycles. The fourth-order valence-corrected chi connectivity index (χ4v) is 3.47. The Balaban J connectivity index is 1.85. The van der Waals surface area contributed by atoms with Crippen LogP contribution in [0.3, 0.4) is 0 Å². The number of ether oxygens (including phenoxy) is 1. The fraction of sp³-hybridized carbons (Fsp3) is 0.895. The van der Waals surface area contributed by atoms with Gasteiger partial charge >= 0.3 is 0 Å². The molecule has 7 heteroatoms. The lowest BCUT2D eigenvalue weighted by atomic mass is 9.87. The van der Waals surface area contributed by atoms with Crippen molar-refractivity contribution in [1.29, 1.82) is 0 Å². The molecule has 0 bridgehead atoms. The van der Waals surface area contributed by atoms with E-state index in [0.29, 0.717) is 32.5 Å².